The van der Waals surface area contributed by atoms with Gasteiger partial charge in [0.1, 0.15) is 4.90 Å². The Bertz CT molecular complexity index is 678. The molecular formula is C13H17BrN2O2S3. The van der Waals surface area contributed by atoms with E-state index in [-0.39, 0.29) is 0 Å². The van der Waals surface area contributed by atoms with Gasteiger partial charge in [-0.3, -0.25) is 0 Å². The molecule has 2 aromatic heterocycles. The third-order valence-corrected chi connectivity index (χ3v) is 7.23. The molecule has 4 nitrogen and oxygen atoms in total. The van der Waals surface area contributed by atoms with Crippen molar-refractivity contribution in [3.63, 3.8) is 0 Å². The number of hydrogen-bond donors (Lipinski definition) is 2. The van der Waals surface area contributed by atoms with Gasteiger partial charge >= 0.3 is 0 Å². The Morgan fingerprint density at radius 3 is 2.67 bits per heavy atom. The van der Waals surface area contributed by atoms with E-state index in [1.165, 1.54) is 22.7 Å². The minimum absolute atomic E-state index is 0.310. The molecule has 0 aliphatic rings. The molecule has 0 saturated heterocycles. The van der Waals surface area contributed by atoms with Crippen LogP contribution in [-0.4, -0.2) is 14.5 Å². The van der Waals surface area contributed by atoms with Gasteiger partial charge in [-0.15, -0.1) is 22.7 Å². The number of hydrogen-bond acceptors (Lipinski definition) is 5. The molecular weight excluding hydrogens is 392 g/mol. The Hall–Kier alpha value is -0.250. The molecule has 0 unspecified atom stereocenters. The number of sulfonamides is 1. The van der Waals surface area contributed by atoms with Crippen LogP contribution in [0.25, 0.3) is 0 Å². The van der Waals surface area contributed by atoms with Crippen LogP contribution in [0.4, 0.5) is 0 Å². The summed E-state index contributed by atoms with van der Waals surface area (Å²) in [5, 5.41) is 5.21. The van der Waals surface area contributed by atoms with E-state index in [1.54, 1.807) is 6.07 Å². The average molecular weight is 409 g/mol. The maximum Gasteiger partial charge on any atom is 0.242 e. The minimum atomic E-state index is -3.49. The molecule has 0 fully saturated rings. The molecule has 2 N–H and O–H groups in total. The fourth-order valence-electron chi connectivity index (χ4n) is 1.63. The summed E-state index contributed by atoms with van der Waals surface area (Å²) in [6.45, 7) is 5.11. The van der Waals surface area contributed by atoms with E-state index in [4.69, 9.17) is 0 Å². The van der Waals surface area contributed by atoms with Crippen LogP contribution in [0.1, 0.15) is 23.6 Å². The van der Waals surface area contributed by atoms with Crippen molar-refractivity contribution >= 4 is 48.6 Å². The van der Waals surface area contributed by atoms with Crippen molar-refractivity contribution in [2.75, 3.05) is 0 Å². The Morgan fingerprint density at radius 1 is 1.29 bits per heavy atom. The van der Waals surface area contributed by atoms with E-state index >= 15 is 0 Å². The zero-order valence-electron chi connectivity index (χ0n) is 11.7. The predicted molar refractivity (Wildman–Crippen MR) is 92.3 cm³/mol. The first-order chi connectivity index (χ1) is 9.88. The van der Waals surface area contributed by atoms with Gasteiger partial charge in [0.15, 0.2) is 0 Å². The Balaban J connectivity index is 2.08. The van der Waals surface area contributed by atoms with Gasteiger partial charge in [0, 0.05) is 28.9 Å². The number of rotatable bonds is 7. The van der Waals surface area contributed by atoms with Gasteiger partial charge in [-0.25, -0.2) is 13.1 Å². The molecule has 2 heterocycles. The molecule has 0 aromatic carbocycles. The number of nitrogens with one attached hydrogen (secondary N) is 2. The predicted octanol–water partition coefficient (Wildman–Crippen LogP) is 3.55. The summed E-state index contributed by atoms with van der Waals surface area (Å²) < 4.78 is 28.0. The quantitative estimate of drug-likeness (QED) is 0.736. The Morgan fingerprint density at radius 2 is 2.05 bits per heavy atom. The fourth-order valence-corrected chi connectivity index (χ4v) is 6.00. The molecule has 0 aliphatic heterocycles. The third-order valence-electron chi connectivity index (χ3n) is 2.70. The van der Waals surface area contributed by atoms with E-state index in [1.807, 2.05) is 17.5 Å². The zero-order chi connectivity index (χ0) is 15.5. The minimum Gasteiger partial charge on any atom is -0.310 e. The summed E-state index contributed by atoms with van der Waals surface area (Å²) >= 11 is 6.33. The van der Waals surface area contributed by atoms with Crippen LogP contribution in [0.3, 0.4) is 0 Å². The monoisotopic (exact) mass is 408 g/mol. The maximum atomic E-state index is 12.3. The van der Waals surface area contributed by atoms with Gasteiger partial charge in [-0.2, -0.15) is 0 Å². The Labute approximate surface area is 141 Å². The molecule has 0 atom stereocenters. The van der Waals surface area contributed by atoms with Crippen molar-refractivity contribution < 1.29 is 8.42 Å². The van der Waals surface area contributed by atoms with Gasteiger partial charge in [-0.1, -0.05) is 19.9 Å². The fraction of sp³-hybridized carbons (Fsp3) is 0.385. The standard InChI is InChI=1S/C13H17BrN2O2S3/c1-9(2)15-7-11-6-12(13(14)20-11)21(17,18)16-8-10-4-3-5-19-10/h3-6,9,15-16H,7-8H2,1-2H3. The maximum absolute atomic E-state index is 12.3. The van der Waals surface area contributed by atoms with Crippen LogP contribution in [-0.2, 0) is 23.1 Å². The van der Waals surface area contributed by atoms with Crippen molar-refractivity contribution in [1.29, 1.82) is 0 Å². The lowest BCUT2D eigenvalue weighted by Crippen LogP contribution is -2.23. The molecule has 0 amide bonds. The highest BCUT2D eigenvalue weighted by Crippen LogP contribution is 2.31. The van der Waals surface area contributed by atoms with Gasteiger partial charge in [0.2, 0.25) is 10.0 Å². The van der Waals surface area contributed by atoms with E-state index in [0.29, 0.717) is 27.8 Å². The summed E-state index contributed by atoms with van der Waals surface area (Å²) in [5.74, 6) is 0. The van der Waals surface area contributed by atoms with E-state index in [9.17, 15) is 8.42 Å². The van der Waals surface area contributed by atoms with Crippen molar-refractivity contribution in [3.05, 3.63) is 37.1 Å². The lowest BCUT2D eigenvalue weighted by atomic mass is 10.4. The average Bonchev–Trinajstić information content (AvgIpc) is 3.03. The molecule has 0 aliphatic carbocycles. The normalized spacial score (nSPS) is 12.2. The largest absolute Gasteiger partial charge is 0.310 e. The molecule has 8 heteroatoms. The van der Waals surface area contributed by atoms with Gasteiger partial charge < -0.3 is 5.32 Å². The molecule has 0 bridgehead atoms. The Kier molecular flexibility index (Phi) is 5.98. The lowest BCUT2D eigenvalue weighted by molar-refractivity contribution is 0.581. The van der Waals surface area contributed by atoms with Crippen LogP contribution in [0.5, 0.6) is 0 Å². The highest BCUT2D eigenvalue weighted by atomic mass is 79.9. The van der Waals surface area contributed by atoms with Gasteiger partial charge in [-0.05, 0) is 33.4 Å². The van der Waals surface area contributed by atoms with Crippen molar-refractivity contribution in [2.45, 2.75) is 37.9 Å². The second-order valence-electron chi connectivity index (χ2n) is 4.79. The zero-order valence-corrected chi connectivity index (χ0v) is 15.8. The summed E-state index contributed by atoms with van der Waals surface area (Å²) in [7, 11) is -3.49. The summed E-state index contributed by atoms with van der Waals surface area (Å²) in [6.07, 6.45) is 0. The first-order valence-corrected chi connectivity index (χ1v) is 10.4. The second-order valence-corrected chi connectivity index (χ2v) is 10.0. The van der Waals surface area contributed by atoms with Crippen LogP contribution in [0, 0.1) is 0 Å². The second kappa shape index (κ2) is 7.34. The lowest BCUT2D eigenvalue weighted by Gasteiger charge is -2.05. The van der Waals surface area contributed by atoms with Gasteiger partial charge in [0.05, 0.1) is 3.79 Å². The highest BCUT2D eigenvalue weighted by Gasteiger charge is 2.20. The molecule has 0 radical (unpaired) electrons. The smallest absolute Gasteiger partial charge is 0.242 e. The van der Waals surface area contributed by atoms with Crippen molar-refractivity contribution in [1.82, 2.24) is 10.0 Å². The molecule has 0 spiro atoms. The van der Waals surface area contributed by atoms with Gasteiger partial charge in [0.25, 0.3) is 0 Å². The van der Waals surface area contributed by atoms with Crippen LogP contribution < -0.4 is 10.0 Å². The molecule has 0 saturated carbocycles. The first-order valence-electron chi connectivity index (χ1n) is 6.42. The summed E-state index contributed by atoms with van der Waals surface area (Å²) in [6, 6.07) is 5.90. The van der Waals surface area contributed by atoms with E-state index in [0.717, 1.165) is 9.75 Å². The molecule has 116 valence electrons. The molecule has 21 heavy (non-hydrogen) atoms. The van der Waals surface area contributed by atoms with Crippen LogP contribution in [0.15, 0.2) is 32.3 Å². The van der Waals surface area contributed by atoms with Crippen LogP contribution >= 0.6 is 38.6 Å². The molecule has 2 rings (SSSR count). The topological polar surface area (TPSA) is 58.2 Å². The highest BCUT2D eigenvalue weighted by molar-refractivity contribution is 9.11. The van der Waals surface area contributed by atoms with E-state index in [2.05, 4.69) is 39.8 Å². The van der Waals surface area contributed by atoms with Crippen molar-refractivity contribution in [2.24, 2.45) is 0 Å². The van der Waals surface area contributed by atoms with Crippen LogP contribution in [0.2, 0.25) is 0 Å². The number of halogens is 1. The molecule has 2 aromatic rings. The SMILES string of the molecule is CC(C)NCc1cc(S(=O)(=O)NCc2cccs2)c(Br)s1. The number of thiophene rings is 2. The summed E-state index contributed by atoms with van der Waals surface area (Å²) in [4.78, 5) is 2.29. The first kappa shape index (κ1) is 17.1. The summed E-state index contributed by atoms with van der Waals surface area (Å²) in [5.41, 5.74) is 0. The van der Waals surface area contributed by atoms with E-state index < -0.39 is 10.0 Å². The third kappa shape index (κ3) is 4.87. The van der Waals surface area contributed by atoms with Crippen molar-refractivity contribution in [3.8, 4) is 0 Å².